The van der Waals surface area contributed by atoms with E-state index in [-0.39, 0.29) is 24.4 Å². The molecule has 0 spiro atoms. The number of ether oxygens (including phenoxy) is 4. The Labute approximate surface area is 200 Å². The van der Waals surface area contributed by atoms with E-state index in [1.165, 1.54) is 0 Å². The topological polar surface area (TPSA) is 78.1 Å². The highest BCUT2D eigenvalue weighted by atomic mass is 35.5. The zero-order valence-electron chi connectivity index (χ0n) is 19.7. The minimum absolute atomic E-state index is 0.0510. The minimum atomic E-state index is -0.201. The van der Waals surface area contributed by atoms with Crippen molar-refractivity contribution >= 4 is 23.2 Å². The molecule has 0 bridgehead atoms. The molecule has 1 aliphatic heterocycles. The van der Waals surface area contributed by atoms with Gasteiger partial charge in [-0.1, -0.05) is 31.5 Å². The monoisotopic (exact) mass is 476 g/mol. The molecule has 1 heterocycles. The van der Waals surface area contributed by atoms with E-state index in [1.54, 1.807) is 12.1 Å². The molecule has 3 rings (SSSR count). The number of fused-ring (bicyclic) bond motifs is 1. The largest absolute Gasteiger partial charge is 0.490 e. The van der Waals surface area contributed by atoms with Gasteiger partial charge in [-0.2, -0.15) is 0 Å². The number of anilines is 1. The summed E-state index contributed by atoms with van der Waals surface area (Å²) in [5, 5.41) is 6.63. The quantitative estimate of drug-likeness (QED) is 0.489. The van der Waals surface area contributed by atoms with Gasteiger partial charge in [0.2, 0.25) is 5.91 Å². The second kappa shape index (κ2) is 12.0. The Hall–Kier alpha value is -2.64. The summed E-state index contributed by atoms with van der Waals surface area (Å²) >= 11 is 6.36. The number of nitrogens with one attached hydrogen (secondary N) is 2. The first-order valence-electron chi connectivity index (χ1n) is 11.4. The number of carbonyl (C=O) groups excluding carboxylic acids is 1. The fourth-order valence-electron chi connectivity index (χ4n) is 3.68. The zero-order chi connectivity index (χ0) is 23.8. The van der Waals surface area contributed by atoms with Crippen LogP contribution in [0.1, 0.15) is 45.7 Å². The van der Waals surface area contributed by atoms with Gasteiger partial charge in [-0.15, -0.1) is 0 Å². The summed E-state index contributed by atoms with van der Waals surface area (Å²) in [5.41, 5.74) is 1.52. The fourth-order valence-corrected chi connectivity index (χ4v) is 3.88. The Bertz CT molecular complexity index is 951. The second-order valence-electron chi connectivity index (χ2n) is 8.05. The van der Waals surface area contributed by atoms with Crippen LogP contribution >= 0.6 is 11.6 Å². The van der Waals surface area contributed by atoms with E-state index in [0.717, 1.165) is 12.0 Å². The van der Waals surface area contributed by atoms with Crippen LogP contribution in [0.2, 0.25) is 5.02 Å². The Morgan fingerprint density at radius 3 is 2.36 bits per heavy atom. The lowest BCUT2D eigenvalue weighted by molar-refractivity contribution is -0.115. The summed E-state index contributed by atoms with van der Waals surface area (Å²) in [6.07, 6.45) is 0.797. The van der Waals surface area contributed by atoms with Gasteiger partial charge in [0.25, 0.3) is 0 Å². The highest BCUT2D eigenvalue weighted by molar-refractivity contribution is 6.34. The molecule has 0 aliphatic carbocycles. The molecular formula is C25H33ClN2O5. The Balaban J connectivity index is 1.69. The van der Waals surface area contributed by atoms with Crippen LogP contribution in [0.3, 0.4) is 0 Å². The molecule has 8 heteroatoms. The molecule has 1 aliphatic rings. The van der Waals surface area contributed by atoms with Crippen LogP contribution in [-0.2, 0) is 4.79 Å². The fraction of sp³-hybridized carbons (Fsp3) is 0.480. The number of halogens is 1. The lowest BCUT2D eigenvalue weighted by Gasteiger charge is -2.24. The van der Waals surface area contributed by atoms with Gasteiger partial charge in [0.15, 0.2) is 23.0 Å². The van der Waals surface area contributed by atoms with E-state index < -0.39 is 0 Å². The van der Waals surface area contributed by atoms with Crippen LogP contribution in [0.25, 0.3) is 0 Å². The van der Waals surface area contributed by atoms with Gasteiger partial charge in [-0.3, -0.25) is 4.79 Å². The van der Waals surface area contributed by atoms with Gasteiger partial charge in [-0.25, -0.2) is 0 Å². The maximum absolute atomic E-state index is 12.7. The van der Waals surface area contributed by atoms with Crippen LogP contribution in [0, 0.1) is 5.92 Å². The lowest BCUT2D eigenvalue weighted by Crippen LogP contribution is -2.33. The third-order valence-electron chi connectivity index (χ3n) is 5.19. The molecule has 7 nitrogen and oxygen atoms in total. The van der Waals surface area contributed by atoms with Gasteiger partial charge in [0.05, 0.1) is 43.7 Å². The molecule has 0 aromatic heterocycles. The van der Waals surface area contributed by atoms with Crippen LogP contribution in [-0.4, -0.2) is 38.9 Å². The number of amides is 1. The molecule has 0 radical (unpaired) electrons. The first-order chi connectivity index (χ1) is 15.9. The average molecular weight is 477 g/mol. The van der Waals surface area contributed by atoms with Crippen LogP contribution < -0.4 is 29.6 Å². The molecular weight excluding hydrogens is 444 g/mol. The zero-order valence-corrected chi connectivity index (χ0v) is 20.5. The van der Waals surface area contributed by atoms with Crippen LogP contribution in [0.15, 0.2) is 30.3 Å². The van der Waals surface area contributed by atoms with Gasteiger partial charge in [0.1, 0.15) is 0 Å². The van der Waals surface area contributed by atoms with Gasteiger partial charge < -0.3 is 29.6 Å². The number of benzene rings is 2. The summed E-state index contributed by atoms with van der Waals surface area (Å²) < 4.78 is 22.8. The average Bonchev–Trinajstić information content (AvgIpc) is 3.00. The Morgan fingerprint density at radius 1 is 1.03 bits per heavy atom. The SMILES string of the molecule is CCOc1ccc([C@H](NCC(=O)Nc2cc3c(cc2Cl)OCCCO3)C(C)C)cc1OCC. The Morgan fingerprint density at radius 2 is 1.70 bits per heavy atom. The van der Waals surface area contributed by atoms with E-state index in [1.807, 2.05) is 32.0 Å². The van der Waals surface area contributed by atoms with Crippen molar-refractivity contribution in [3.8, 4) is 23.0 Å². The summed E-state index contributed by atoms with van der Waals surface area (Å²) in [4.78, 5) is 12.7. The number of hydrogen-bond acceptors (Lipinski definition) is 6. The van der Waals surface area contributed by atoms with Gasteiger partial charge >= 0.3 is 0 Å². The van der Waals surface area contributed by atoms with Crippen molar-refractivity contribution in [3.05, 3.63) is 40.9 Å². The van der Waals surface area contributed by atoms with Crippen molar-refractivity contribution in [2.45, 2.75) is 40.2 Å². The molecule has 33 heavy (non-hydrogen) atoms. The van der Waals surface area contributed by atoms with Crippen molar-refractivity contribution in [1.29, 1.82) is 0 Å². The molecule has 1 atom stereocenters. The molecule has 0 unspecified atom stereocenters. The molecule has 0 saturated heterocycles. The first kappa shape index (κ1) is 25.0. The predicted molar refractivity (Wildman–Crippen MR) is 130 cm³/mol. The Kier molecular flexibility index (Phi) is 9.09. The van der Waals surface area contributed by atoms with Crippen molar-refractivity contribution in [2.24, 2.45) is 5.92 Å². The number of rotatable bonds is 10. The summed E-state index contributed by atoms with van der Waals surface area (Å²) in [7, 11) is 0. The summed E-state index contributed by atoms with van der Waals surface area (Å²) in [6, 6.07) is 9.23. The third-order valence-corrected chi connectivity index (χ3v) is 5.50. The molecule has 0 fully saturated rings. The normalized spacial score (nSPS) is 13.9. The highest BCUT2D eigenvalue weighted by Crippen LogP contribution is 2.38. The van der Waals surface area contributed by atoms with Crippen molar-refractivity contribution in [2.75, 3.05) is 38.3 Å². The van der Waals surface area contributed by atoms with Crippen LogP contribution in [0.5, 0.6) is 23.0 Å². The molecule has 2 aromatic carbocycles. The maximum atomic E-state index is 12.7. The maximum Gasteiger partial charge on any atom is 0.238 e. The minimum Gasteiger partial charge on any atom is -0.490 e. The van der Waals surface area contributed by atoms with E-state index in [4.69, 9.17) is 30.5 Å². The lowest BCUT2D eigenvalue weighted by atomic mass is 9.95. The smallest absolute Gasteiger partial charge is 0.238 e. The standard InChI is InChI=1S/C25H33ClN2O5/c1-5-30-20-9-8-17(12-21(20)31-6-2)25(16(3)4)27-15-24(29)28-19-14-23-22(13-18(19)26)32-10-7-11-33-23/h8-9,12-14,16,25,27H,5-7,10-11,15H2,1-4H3,(H,28,29)/t25-/m1/s1. The molecule has 180 valence electrons. The number of hydrogen-bond donors (Lipinski definition) is 2. The number of carbonyl (C=O) groups is 1. The van der Waals surface area contributed by atoms with E-state index in [0.29, 0.717) is 60.1 Å². The summed E-state index contributed by atoms with van der Waals surface area (Å²) in [6.45, 7) is 10.4. The van der Waals surface area contributed by atoms with Crippen molar-refractivity contribution < 1.29 is 23.7 Å². The van der Waals surface area contributed by atoms with Crippen molar-refractivity contribution in [3.63, 3.8) is 0 Å². The molecule has 2 N–H and O–H groups in total. The molecule has 1 amide bonds. The van der Waals surface area contributed by atoms with E-state index >= 15 is 0 Å². The molecule has 0 saturated carbocycles. The predicted octanol–water partition coefficient (Wildman–Crippen LogP) is 5.22. The van der Waals surface area contributed by atoms with Gasteiger partial charge in [-0.05, 0) is 37.5 Å². The van der Waals surface area contributed by atoms with E-state index in [9.17, 15) is 4.79 Å². The van der Waals surface area contributed by atoms with Crippen LogP contribution in [0.4, 0.5) is 5.69 Å². The second-order valence-corrected chi connectivity index (χ2v) is 8.46. The van der Waals surface area contributed by atoms with Crippen molar-refractivity contribution in [1.82, 2.24) is 5.32 Å². The summed E-state index contributed by atoms with van der Waals surface area (Å²) in [5.74, 6) is 2.63. The van der Waals surface area contributed by atoms with Gasteiger partial charge in [0, 0.05) is 24.6 Å². The molecule has 2 aromatic rings. The first-order valence-corrected chi connectivity index (χ1v) is 11.8. The highest BCUT2D eigenvalue weighted by Gasteiger charge is 2.20. The van der Waals surface area contributed by atoms with E-state index in [2.05, 4.69) is 24.5 Å². The third kappa shape index (κ3) is 6.68.